The fourth-order valence-corrected chi connectivity index (χ4v) is 8.45. The second kappa shape index (κ2) is 8.81. The van der Waals surface area contributed by atoms with Crippen LogP contribution >= 0.6 is 0 Å². The van der Waals surface area contributed by atoms with Gasteiger partial charge in [0, 0.05) is 6.10 Å². The van der Waals surface area contributed by atoms with Crippen molar-refractivity contribution in [3.05, 3.63) is 72.3 Å². The molecular formula is C24H32O2Si. The summed E-state index contributed by atoms with van der Waals surface area (Å²) in [5, 5.41) is 2.50. The van der Waals surface area contributed by atoms with Crippen LogP contribution in [0.5, 0.6) is 0 Å². The average molecular weight is 381 g/mol. The van der Waals surface area contributed by atoms with Crippen molar-refractivity contribution in [3.63, 3.8) is 0 Å². The van der Waals surface area contributed by atoms with E-state index in [0.717, 1.165) is 11.9 Å². The normalized spacial score (nSPS) is 15.3. The molecule has 0 aliphatic heterocycles. The molecule has 2 atom stereocenters. The number of aldehydes is 1. The fraction of sp³-hybridized carbons (Fsp3) is 0.375. The summed E-state index contributed by atoms with van der Waals surface area (Å²) in [5.41, 5.74) is 0.750. The standard InChI is InChI=1S/C24H32O2Si/c1-19(18-25)17-20(2)21(3)26-27(24(4,5)6,22-13-9-7-10-14-22)23-15-11-8-12-16-23/h7-18,20-21H,1-6H3/b19-17+/t20-,21+/m0/s1. The molecule has 0 aliphatic carbocycles. The number of rotatable bonds is 7. The molecule has 0 saturated carbocycles. The Morgan fingerprint density at radius 2 is 1.37 bits per heavy atom. The van der Waals surface area contributed by atoms with Gasteiger partial charge in [0.15, 0.2) is 0 Å². The molecule has 0 spiro atoms. The van der Waals surface area contributed by atoms with Crippen LogP contribution in [-0.2, 0) is 9.22 Å². The maximum Gasteiger partial charge on any atom is 0.261 e. The predicted octanol–water partition coefficient (Wildman–Crippen LogP) is 4.73. The molecule has 2 aromatic rings. The van der Waals surface area contributed by atoms with Crippen molar-refractivity contribution in [2.24, 2.45) is 5.92 Å². The third-order valence-electron chi connectivity index (χ3n) is 5.23. The number of benzene rings is 2. The zero-order valence-corrected chi connectivity index (χ0v) is 18.4. The second-order valence-electron chi connectivity index (χ2n) is 8.37. The molecule has 0 amide bonds. The zero-order chi connectivity index (χ0) is 20.1. The molecule has 3 heteroatoms. The summed E-state index contributed by atoms with van der Waals surface area (Å²) in [7, 11) is -2.55. The Labute approximate surface area is 165 Å². The van der Waals surface area contributed by atoms with Gasteiger partial charge in [-0.2, -0.15) is 0 Å². The van der Waals surface area contributed by atoms with Crippen molar-refractivity contribution in [1.29, 1.82) is 0 Å². The summed E-state index contributed by atoms with van der Waals surface area (Å²) in [6.45, 7) is 12.9. The first kappa shape index (κ1) is 21.3. The number of hydrogen-bond donors (Lipinski definition) is 0. The molecule has 0 aromatic heterocycles. The topological polar surface area (TPSA) is 26.3 Å². The maximum absolute atomic E-state index is 11.0. The molecule has 0 N–H and O–H groups in total. The first-order valence-electron chi connectivity index (χ1n) is 9.65. The fourth-order valence-electron chi connectivity index (χ4n) is 3.67. The van der Waals surface area contributed by atoms with Gasteiger partial charge >= 0.3 is 0 Å². The highest BCUT2D eigenvalue weighted by Crippen LogP contribution is 2.38. The van der Waals surface area contributed by atoms with Crippen molar-refractivity contribution in [1.82, 2.24) is 0 Å². The first-order valence-corrected chi connectivity index (χ1v) is 11.6. The van der Waals surface area contributed by atoms with Gasteiger partial charge < -0.3 is 4.43 Å². The molecule has 0 saturated heterocycles. The largest absolute Gasteiger partial charge is 0.404 e. The van der Waals surface area contributed by atoms with Crippen LogP contribution in [0, 0.1) is 5.92 Å². The van der Waals surface area contributed by atoms with Gasteiger partial charge in [0.05, 0.1) is 0 Å². The molecule has 0 radical (unpaired) electrons. The van der Waals surface area contributed by atoms with E-state index in [-0.39, 0.29) is 17.1 Å². The van der Waals surface area contributed by atoms with Gasteiger partial charge in [-0.05, 0) is 40.8 Å². The molecule has 0 heterocycles. The van der Waals surface area contributed by atoms with E-state index in [9.17, 15) is 4.79 Å². The SMILES string of the molecule is C/C(C=O)=C\[C@H](C)[C@@H](C)O[Si](c1ccccc1)(c1ccccc1)C(C)(C)C. The van der Waals surface area contributed by atoms with Gasteiger partial charge in [0.25, 0.3) is 8.32 Å². The van der Waals surface area contributed by atoms with Crippen molar-refractivity contribution in [2.45, 2.75) is 52.7 Å². The summed E-state index contributed by atoms with van der Waals surface area (Å²) >= 11 is 0. The molecule has 144 valence electrons. The highest BCUT2D eigenvalue weighted by atomic mass is 28.4. The van der Waals surface area contributed by atoms with Crippen molar-refractivity contribution in [3.8, 4) is 0 Å². The molecule has 2 nitrogen and oxygen atoms in total. The lowest BCUT2D eigenvalue weighted by Crippen LogP contribution is -2.67. The smallest absolute Gasteiger partial charge is 0.261 e. The summed E-state index contributed by atoms with van der Waals surface area (Å²) in [4.78, 5) is 11.0. The minimum absolute atomic E-state index is 0.00814. The Bertz CT molecular complexity index is 720. The number of hydrogen-bond acceptors (Lipinski definition) is 2. The minimum Gasteiger partial charge on any atom is -0.404 e. The Morgan fingerprint density at radius 1 is 0.926 bits per heavy atom. The third kappa shape index (κ3) is 4.66. The monoisotopic (exact) mass is 380 g/mol. The number of carbonyl (C=O) groups is 1. The van der Waals surface area contributed by atoms with Gasteiger partial charge in [0.2, 0.25) is 0 Å². The van der Waals surface area contributed by atoms with Crippen LogP contribution in [0.25, 0.3) is 0 Å². The Kier molecular flexibility index (Phi) is 6.96. The molecular weight excluding hydrogens is 348 g/mol. The Morgan fingerprint density at radius 3 is 1.74 bits per heavy atom. The van der Waals surface area contributed by atoms with Gasteiger partial charge in [-0.3, -0.25) is 4.79 Å². The van der Waals surface area contributed by atoms with E-state index < -0.39 is 8.32 Å². The van der Waals surface area contributed by atoms with E-state index in [4.69, 9.17) is 4.43 Å². The minimum atomic E-state index is -2.55. The van der Waals surface area contributed by atoms with Crippen LogP contribution in [0.1, 0.15) is 41.5 Å². The van der Waals surface area contributed by atoms with E-state index in [0.29, 0.717) is 0 Å². The van der Waals surface area contributed by atoms with E-state index >= 15 is 0 Å². The van der Waals surface area contributed by atoms with E-state index in [1.165, 1.54) is 10.4 Å². The molecule has 0 fully saturated rings. The van der Waals surface area contributed by atoms with Crippen LogP contribution in [-0.4, -0.2) is 20.7 Å². The lowest BCUT2D eigenvalue weighted by atomic mass is 10.0. The van der Waals surface area contributed by atoms with E-state index in [1.807, 2.05) is 13.0 Å². The third-order valence-corrected chi connectivity index (χ3v) is 10.4. The quantitative estimate of drug-likeness (QED) is 0.394. The highest BCUT2D eigenvalue weighted by Gasteiger charge is 2.51. The van der Waals surface area contributed by atoms with E-state index in [1.54, 1.807) is 0 Å². The van der Waals surface area contributed by atoms with Crippen LogP contribution in [0.3, 0.4) is 0 Å². The van der Waals surface area contributed by atoms with Crippen LogP contribution in [0.15, 0.2) is 72.3 Å². The summed E-state index contributed by atoms with van der Waals surface area (Å²) in [6.07, 6.45) is 2.91. The van der Waals surface area contributed by atoms with Crippen LogP contribution in [0.4, 0.5) is 0 Å². The van der Waals surface area contributed by atoms with Crippen molar-refractivity contribution in [2.75, 3.05) is 0 Å². The Hall–Kier alpha value is -1.97. The van der Waals surface area contributed by atoms with Crippen molar-refractivity contribution >= 4 is 25.0 Å². The predicted molar refractivity (Wildman–Crippen MR) is 117 cm³/mol. The second-order valence-corrected chi connectivity index (χ2v) is 12.6. The molecule has 2 aromatic carbocycles. The molecule has 0 unspecified atom stereocenters. The molecule has 0 bridgehead atoms. The number of carbonyl (C=O) groups excluding carboxylic acids is 1. The van der Waals surface area contributed by atoms with Crippen LogP contribution in [0.2, 0.25) is 5.04 Å². The van der Waals surface area contributed by atoms with Gasteiger partial charge in [0.1, 0.15) is 6.29 Å². The lowest BCUT2D eigenvalue weighted by Gasteiger charge is -2.45. The number of allylic oxidation sites excluding steroid dienone is 1. The van der Waals surface area contributed by atoms with Crippen molar-refractivity contribution < 1.29 is 9.22 Å². The lowest BCUT2D eigenvalue weighted by molar-refractivity contribution is -0.104. The maximum atomic E-state index is 11.0. The molecule has 27 heavy (non-hydrogen) atoms. The zero-order valence-electron chi connectivity index (χ0n) is 17.4. The molecule has 0 aliphatic rings. The highest BCUT2D eigenvalue weighted by molar-refractivity contribution is 6.99. The van der Waals surface area contributed by atoms with Crippen LogP contribution < -0.4 is 10.4 Å². The first-order chi connectivity index (χ1) is 12.7. The average Bonchev–Trinajstić information content (AvgIpc) is 2.66. The summed E-state index contributed by atoms with van der Waals surface area (Å²) in [6, 6.07) is 21.3. The van der Waals surface area contributed by atoms with E-state index in [2.05, 4.69) is 95.3 Å². The molecule has 2 rings (SSSR count). The summed E-state index contributed by atoms with van der Waals surface area (Å²) in [5.74, 6) is 0.150. The summed E-state index contributed by atoms with van der Waals surface area (Å²) < 4.78 is 7.06. The van der Waals surface area contributed by atoms with Gasteiger partial charge in [-0.15, -0.1) is 0 Å². The van der Waals surface area contributed by atoms with Gasteiger partial charge in [-0.1, -0.05) is 94.4 Å². The van der Waals surface area contributed by atoms with Gasteiger partial charge in [-0.25, -0.2) is 0 Å². The Balaban J connectivity index is 2.61.